The van der Waals surface area contributed by atoms with Gasteiger partial charge >= 0.3 is 6.03 Å². The normalized spacial score (nSPS) is 19.3. The molecule has 2 aromatic rings. The van der Waals surface area contributed by atoms with E-state index in [0.29, 0.717) is 37.8 Å². The van der Waals surface area contributed by atoms with Crippen molar-refractivity contribution in [2.24, 2.45) is 5.92 Å². The lowest BCUT2D eigenvalue weighted by molar-refractivity contribution is -0.135. The Kier molecular flexibility index (Phi) is 7.95. The number of likely N-dealkylation sites (tertiary alicyclic amines) is 1. The molecule has 1 atom stereocenters. The van der Waals surface area contributed by atoms with Gasteiger partial charge in [0, 0.05) is 44.5 Å². The predicted octanol–water partition coefficient (Wildman–Crippen LogP) is 4.86. The van der Waals surface area contributed by atoms with Gasteiger partial charge in [-0.15, -0.1) is 0 Å². The van der Waals surface area contributed by atoms with Crippen molar-refractivity contribution in [3.8, 4) is 0 Å². The monoisotopic (exact) mass is 480 g/mol. The lowest BCUT2D eigenvalue weighted by Crippen LogP contribution is -2.57. The summed E-state index contributed by atoms with van der Waals surface area (Å²) in [5.74, 6) is 2.68. The number of rotatable bonds is 10. The number of urea groups is 1. The molecule has 2 aliphatic rings. The molecular formula is C28H40N4O3. The van der Waals surface area contributed by atoms with Gasteiger partial charge in [-0.2, -0.15) is 0 Å². The van der Waals surface area contributed by atoms with Gasteiger partial charge in [0.05, 0.1) is 0 Å². The number of aromatic nitrogens is 1. The number of carbonyl (C=O) groups is 2. The van der Waals surface area contributed by atoms with Crippen LogP contribution in [0.2, 0.25) is 0 Å². The Hall–Kier alpha value is -2.67. The van der Waals surface area contributed by atoms with Crippen molar-refractivity contribution < 1.29 is 14.0 Å². The maximum absolute atomic E-state index is 13.7. The molecule has 2 fully saturated rings. The highest BCUT2D eigenvalue weighted by molar-refractivity contribution is 6.07. The molecule has 0 saturated carbocycles. The van der Waals surface area contributed by atoms with Crippen molar-refractivity contribution in [3.05, 3.63) is 53.7 Å². The van der Waals surface area contributed by atoms with Crippen LogP contribution in [0.5, 0.6) is 0 Å². The van der Waals surface area contributed by atoms with Gasteiger partial charge in [0.15, 0.2) is 0 Å². The number of nitrogens with zero attached hydrogens (tertiary/aromatic N) is 4. The van der Waals surface area contributed by atoms with Crippen LogP contribution in [0.15, 0.2) is 41.1 Å². The fourth-order valence-electron chi connectivity index (χ4n) is 5.45. The minimum atomic E-state index is -0.685. The number of hydrogen-bond donors (Lipinski definition) is 0. The van der Waals surface area contributed by atoms with E-state index in [0.717, 1.165) is 56.0 Å². The Morgan fingerprint density at radius 1 is 1.09 bits per heavy atom. The lowest BCUT2D eigenvalue weighted by Gasteiger charge is -2.43. The minimum Gasteiger partial charge on any atom is -0.466 e. The van der Waals surface area contributed by atoms with Gasteiger partial charge in [-0.25, -0.2) is 4.79 Å². The fraction of sp³-hybridized carbons (Fsp3) is 0.607. The Morgan fingerprint density at radius 3 is 2.49 bits per heavy atom. The van der Waals surface area contributed by atoms with Crippen molar-refractivity contribution >= 4 is 11.9 Å². The lowest BCUT2D eigenvalue weighted by atomic mass is 9.85. The highest BCUT2D eigenvalue weighted by atomic mass is 16.3. The molecule has 7 nitrogen and oxygen atoms in total. The molecule has 2 aromatic heterocycles. The Morgan fingerprint density at radius 2 is 1.86 bits per heavy atom. The molecule has 35 heavy (non-hydrogen) atoms. The first-order chi connectivity index (χ1) is 16.8. The summed E-state index contributed by atoms with van der Waals surface area (Å²) < 4.78 is 5.79. The summed E-state index contributed by atoms with van der Waals surface area (Å²) in [5.41, 5.74) is 0.447. The second-order valence-corrected chi connectivity index (χ2v) is 10.7. The molecule has 190 valence electrons. The zero-order valence-electron chi connectivity index (χ0n) is 21.7. The number of furan rings is 1. The third kappa shape index (κ3) is 5.61. The smallest absolute Gasteiger partial charge is 0.327 e. The molecule has 0 aromatic carbocycles. The summed E-state index contributed by atoms with van der Waals surface area (Å²) in [7, 11) is 0. The fourth-order valence-corrected chi connectivity index (χ4v) is 5.45. The van der Waals surface area contributed by atoms with Crippen LogP contribution < -0.4 is 0 Å². The van der Waals surface area contributed by atoms with Gasteiger partial charge in [-0.05, 0) is 75.3 Å². The standard InChI is InChI=1S/C28H40N4O3/c1-21(2)20-32-27(34)31(15-6-8-24-7-5-14-29-19-24)26(33)28(32)12-17-30(18-13-28)16-11-22(3)25-10-9-23(4)35-25/h5,7,9-10,14,19,21-22H,6,8,11-13,15-18,20H2,1-4H3/t22-/m1/s1. The number of piperidine rings is 1. The zero-order valence-corrected chi connectivity index (χ0v) is 21.7. The summed E-state index contributed by atoms with van der Waals surface area (Å²) in [5, 5.41) is 0. The summed E-state index contributed by atoms with van der Waals surface area (Å²) in [6.07, 6.45) is 7.60. The molecule has 0 aliphatic carbocycles. The molecule has 0 N–H and O–H groups in total. The molecule has 4 heterocycles. The number of amides is 3. The van der Waals surface area contributed by atoms with E-state index >= 15 is 0 Å². The minimum absolute atomic E-state index is 0.00779. The van der Waals surface area contributed by atoms with E-state index in [1.807, 2.05) is 36.2 Å². The molecule has 7 heteroatoms. The van der Waals surface area contributed by atoms with Gasteiger partial charge in [0.1, 0.15) is 17.1 Å². The molecule has 3 amide bonds. The summed E-state index contributed by atoms with van der Waals surface area (Å²) >= 11 is 0. The first-order valence-electron chi connectivity index (χ1n) is 13.1. The van der Waals surface area contributed by atoms with Crippen LogP contribution in [0.1, 0.15) is 69.5 Å². The van der Waals surface area contributed by atoms with Crippen LogP contribution in [0.3, 0.4) is 0 Å². The molecule has 0 radical (unpaired) electrons. The topological polar surface area (TPSA) is 69.9 Å². The summed E-state index contributed by atoms with van der Waals surface area (Å²) in [6, 6.07) is 7.94. The van der Waals surface area contributed by atoms with Crippen LogP contribution in [-0.4, -0.2) is 69.9 Å². The second-order valence-electron chi connectivity index (χ2n) is 10.7. The van der Waals surface area contributed by atoms with Gasteiger partial charge < -0.3 is 14.2 Å². The van der Waals surface area contributed by atoms with Crippen molar-refractivity contribution in [2.75, 3.05) is 32.7 Å². The molecule has 2 saturated heterocycles. The van der Waals surface area contributed by atoms with E-state index < -0.39 is 5.54 Å². The molecule has 2 aliphatic heterocycles. The Bertz CT molecular complexity index is 995. The molecule has 1 spiro atoms. The Labute approximate surface area is 209 Å². The Balaban J connectivity index is 1.37. The predicted molar refractivity (Wildman–Crippen MR) is 136 cm³/mol. The van der Waals surface area contributed by atoms with Crippen LogP contribution in [-0.2, 0) is 11.2 Å². The van der Waals surface area contributed by atoms with Gasteiger partial charge in [-0.1, -0.05) is 26.8 Å². The molecular weight excluding hydrogens is 440 g/mol. The SMILES string of the molecule is Cc1ccc([C@H](C)CCN2CCC3(CC2)C(=O)N(CCCc2cccnc2)C(=O)N3CC(C)C)o1. The summed E-state index contributed by atoms with van der Waals surface area (Å²) in [4.78, 5) is 37.1. The largest absolute Gasteiger partial charge is 0.466 e. The highest BCUT2D eigenvalue weighted by Gasteiger charge is 2.57. The van der Waals surface area contributed by atoms with Gasteiger partial charge in [0.25, 0.3) is 5.91 Å². The zero-order chi connectivity index (χ0) is 25.0. The van der Waals surface area contributed by atoms with Crippen molar-refractivity contribution in [2.45, 2.75) is 71.3 Å². The van der Waals surface area contributed by atoms with Crippen molar-refractivity contribution in [1.82, 2.24) is 19.7 Å². The van der Waals surface area contributed by atoms with E-state index in [4.69, 9.17) is 4.42 Å². The van der Waals surface area contributed by atoms with Crippen molar-refractivity contribution in [1.29, 1.82) is 0 Å². The third-order valence-electron chi connectivity index (χ3n) is 7.55. The first kappa shape index (κ1) is 25.4. The quantitative estimate of drug-likeness (QED) is 0.454. The number of imide groups is 1. The second kappa shape index (κ2) is 10.9. The maximum atomic E-state index is 13.7. The van der Waals surface area contributed by atoms with Crippen LogP contribution in [0.4, 0.5) is 4.79 Å². The molecule has 0 bridgehead atoms. The third-order valence-corrected chi connectivity index (χ3v) is 7.55. The average molecular weight is 481 g/mol. The number of pyridine rings is 1. The van der Waals surface area contributed by atoms with E-state index in [1.165, 1.54) is 4.90 Å². The van der Waals surface area contributed by atoms with Crippen LogP contribution in [0, 0.1) is 12.8 Å². The van der Waals surface area contributed by atoms with Crippen LogP contribution >= 0.6 is 0 Å². The van der Waals surface area contributed by atoms with Gasteiger partial charge in [0.2, 0.25) is 0 Å². The molecule has 0 unspecified atom stereocenters. The first-order valence-corrected chi connectivity index (χ1v) is 13.1. The average Bonchev–Trinajstić information content (AvgIpc) is 3.36. The van der Waals surface area contributed by atoms with Gasteiger partial charge in [-0.3, -0.25) is 14.7 Å². The number of aryl methyl sites for hydroxylation is 2. The summed E-state index contributed by atoms with van der Waals surface area (Å²) in [6.45, 7) is 12.1. The van der Waals surface area contributed by atoms with E-state index in [1.54, 1.807) is 6.20 Å². The van der Waals surface area contributed by atoms with E-state index in [2.05, 4.69) is 36.7 Å². The number of hydrogen-bond acceptors (Lipinski definition) is 5. The highest BCUT2D eigenvalue weighted by Crippen LogP contribution is 2.38. The van der Waals surface area contributed by atoms with E-state index in [-0.39, 0.29) is 11.9 Å². The van der Waals surface area contributed by atoms with Crippen molar-refractivity contribution in [3.63, 3.8) is 0 Å². The maximum Gasteiger partial charge on any atom is 0.327 e. The van der Waals surface area contributed by atoms with Crippen LogP contribution in [0.25, 0.3) is 0 Å². The van der Waals surface area contributed by atoms with E-state index in [9.17, 15) is 9.59 Å². The number of carbonyl (C=O) groups excluding carboxylic acids is 2. The molecule has 4 rings (SSSR count).